The molecule has 0 radical (unpaired) electrons. The van der Waals surface area contributed by atoms with Gasteiger partial charge in [-0.15, -0.1) is 0 Å². The topological polar surface area (TPSA) is 181 Å². The standard InChI is InChI=1S/C58H52O15/c1-64-44-30-18-19-31-46(44)69-48(50(59)43-32-33-45(47(34-43)65-2)66-35-38-20-8-3-9-21-38)36-68-58-53(73-57(63)42-28-16-7-17-29-42)52(72-56(62)41-26-14-6-15-27-41)51(71-55(61)40-24-12-5-13-25-40)49(70-58)37-67-54(60)39-22-10-4-11-23-39/h3-34,48-53,58-59H,35-37H2,1-2H3/t48-,49+,50-,51+,52-,53+,58+/m0/s1. The van der Waals surface area contributed by atoms with E-state index in [1.165, 1.54) is 50.6 Å². The second-order valence-electron chi connectivity index (χ2n) is 16.5. The lowest BCUT2D eigenvalue weighted by Gasteiger charge is -2.44. The van der Waals surface area contributed by atoms with Crippen LogP contribution in [-0.2, 0) is 35.0 Å². The zero-order chi connectivity index (χ0) is 50.9. The maximum Gasteiger partial charge on any atom is 0.338 e. The molecule has 0 aromatic heterocycles. The van der Waals surface area contributed by atoms with Gasteiger partial charge in [0, 0.05) is 0 Å². The molecule has 0 bridgehead atoms. The van der Waals surface area contributed by atoms with Crippen LogP contribution >= 0.6 is 0 Å². The molecule has 7 atom stereocenters. The lowest BCUT2D eigenvalue weighted by atomic mass is 9.97. The van der Waals surface area contributed by atoms with Crippen molar-refractivity contribution in [2.75, 3.05) is 27.4 Å². The van der Waals surface area contributed by atoms with Crippen LogP contribution < -0.4 is 18.9 Å². The number of carbonyl (C=O) groups is 4. The largest absolute Gasteiger partial charge is 0.493 e. The van der Waals surface area contributed by atoms with Crippen LogP contribution in [0.5, 0.6) is 23.0 Å². The van der Waals surface area contributed by atoms with E-state index in [1.807, 2.05) is 30.3 Å². The van der Waals surface area contributed by atoms with Crippen LogP contribution in [0, 0.1) is 0 Å². The minimum atomic E-state index is -1.71. The van der Waals surface area contributed by atoms with Crippen molar-refractivity contribution in [1.29, 1.82) is 0 Å². The number of benzene rings is 7. The van der Waals surface area contributed by atoms with Crippen LogP contribution in [0.2, 0.25) is 0 Å². The summed E-state index contributed by atoms with van der Waals surface area (Å²) in [6.07, 6.45) is -10.9. The summed E-state index contributed by atoms with van der Waals surface area (Å²) in [6, 6.07) is 53.5. The van der Waals surface area contributed by atoms with Gasteiger partial charge in [0.1, 0.15) is 25.4 Å². The fourth-order valence-corrected chi connectivity index (χ4v) is 7.86. The fourth-order valence-electron chi connectivity index (χ4n) is 7.86. The number of aliphatic hydroxyl groups is 1. The minimum Gasteiger partial charge on any atom is -0.493 e. The first kappa shape index (κ1) is 50.9. The van der Waals surface area contributed by atoms with Gasteiger partial charge in [0.15, 0.2) is 53.7 Å². The first-order valence-corrected chi connectivity index (χ1v) is 23.3. The van der Waals surface area contributed by atoms with Crippen LogP contribution in [-0.4, -0.2) is 93.2 Å². The smallest absolute Gasteiger partial charge is 0.338 e. The van der Waals surface area contributed by atoms with E-state index in [1.54, 1.807) is 127 Å². The third-order valence-electron chi connectivity index (χ3n) is 11.6. The molecule has 1 aliphatic rings. The van der Waals surface area contributed by atoms with Gasteiger partial charge in [-0.3, -0.25) is 0 Å². The molecule has 1 heterocycles. The Balaban J connectivity index is 1.18. The highest BCUT2D eigenvalue weighted by Gasteiger charge is 2.54. The lowest BCUT2D eigenvalue weighted by Crippen LogP contribution is -2.63. The van der Waals surface area contributed by atoms with Crippen molar-refractivity contribution >= 4 is 23.9 Å². The molecule has 1 saturated heterocycles. The molecule has 73 heavy (non-hydrogen) atoms. The predicted octanol–water partition coefficient (Wildman–Crippen LogP) is 9.04. The zero-order valence-corrected chi connectivity index (χ0v) is 39.8. The second kappa shape index (κ2) is 25.1. The molecule has 0 spiro atoms. The summed E-state index contributed by atoms with van der Waals surface area (Å²) in [6.45, 7) is -0.839. The van der Waals surface area contributed by atoms with Crippen LogP contribution in [0.4, 0.5) is 0 Å². The molecule has 374 valence electrons. The van der Waals surface area contributed by atoms with Crippen molar-refractivity contribution < 1.29 is 71.7 Å². The Kier molecular flexibility index (Phi) is 17.5. The van der Waals surface area contributed by atoms with Gasteiger partial charge in [0.2, 0.25) is 0 Å². The van der Waals surface area contributed by atoms with Gasteiger partial charge in [0.05, 0.1) is 43.1 Å². The van der Waals surface area contributed by atoms with Gasteiger partial charge in [-0.2, -0.15) is 0 Å². The third kappa shape index (κ3) is 13.3. The van der Waals surface area contributed by atoms with Crippen molar-refractivity contribution in [1.82, 2.24) is 0 Å². The van der Waals surface area contributed by atoms with E-state index < -0.39 is 80.0 Å². The molecule has 0 saturated carbocycles. The first-order valence-electron chi connectivity index (χ1n) is 23.3. The summed E-state index contributed by atoms with van der Waals surface area (Å²) >= 11 is 0. The Morgan fingerprint density at radius 3 is 1.51 bits per heavy atom. The van der Waals surface area contributed by atoms with Crippen molar-refractivity contribution in [2.45, 2.75) is 49.5 Å². The zero-order valence-electron chi connectivity index (χ0n) is 39.8. The average molecular weight is 989 g/mol. The van der Waals surface area contributed by atoms with E-state index in [0.717, 1.165) is 5.56 Å². The van der Waals surface area contributed by atoms with Gasteiger partial charge in [-0.1, -0.05) is 121 Å². The molecular weight excluding hydrogens is 937 g/mol. The second-order valence-corrected chi connectivity index (χ2v) is 16.5. The third-order valence-corrected chi connectivity index (χ3v) is 11.6. The van der Waals surface area contributed by atoms with E-state index >= 15 is 0 Å². The molecule has 15 heteroatoms. The van der Waals surface area contributed by atoms with Crippen molar-refractivity contribution in [3.8, 4) is 23.0 Å². The quantitative estimate of drug-likeness (QED) is 0.0532. The number of hydrogen-bond donors (Lipinski definition) is 1. The fraction of sp³-hybridized carbons (Fsp3) is 0.207. The van der Waals surface area contributed by atoms with E-state index in [-0.39, 0.29) is 34.6 Å². The van der Waals surface area contributed by atoms with Crippen LogP contribution in [0.25, 0.3) is 0 Å². The maximum atomic E-state index is 14.2. The molecule has 15 nitrogen and oxygen atoms in total. The highest BCUT2D eigenvalue weighted by Crippen LogP contribution is 2.37. The predicted molar refractivity (Wildman–Crippen MR) is 264 cm³/mol. The highest BCUT2D eigenvalue weighted by molar-refractivity contribution is 5.91. The van der Waals surface area contributed by atoms with Crippen molar-refractivity contribution in [2.24, 2.45) is 0 Å². The molecule has 1 aliphatic heterocycles. The SMILES string of the molecule is COc1cc([C@H](O)[C@H](CO[C@@H]2O[C@H](COC(=O)c3ccccc3)[C@@H](OC(=O)c3ccccc3)[C@H](OC(=O)c3ccccc3)[C@H]2OC(=O)c2ccccc2)Oc2ccccc2OC)ccc1OCc1ccccc1. The summed E-state index contributed by atoms with van der Waals surface area (Å²) in [5, 5.41) is 12.3. The summed E-state index contributed by atoms with van der Waals surface area (Å²) in [4.78, 5) is 55.9. The molecule has 7 aromatic carbocycles. The van der Waals surface area contributed by atoms with Crippen LogP contribution in [0.3, 0.4) is 0 Å². The molecule has 0 unspecified atom stereocenters. The average Bonchev–Trinajstić information content (AvgIpc) is 3.45. The number of methoxy groups -OCH3 is 2. The Morgan fingerprint density at radius 1 is 0.507 bits per heavy atom. The number of hydrogen-bond acceptors (Lipinski definition) is 15. The molecular formula is C58H52O15. The van der Waals surface area contributed by atoms with E-state index in [0.29, 0.717) is 22.8 Å². The summed E-state index contributed by atoms with van der Waals surface area (Å²) < 4.78 is 61.5. The number of carbonyl (C=O) groups excluding carboxylic acids is 4. The molecule has 0 aliphatic carbocycles. The van der Waals surface area contributed by atoms with Crippen molar-refractivity contribution in [3.05, 3.63) is 228 Å². The number of rotatable bonds is 21. The van der Waals surface area contributed by atoms with Gasteiger partial charge in [0.25, 0.3) is 0 Å². The number of aliphatic hydroxyl groups excluding tert-OH is 1. The monoisotopic (exact) mass is 988 g/mol. The molecule has 7 aromatic rings. The summed E-state index contributed by atoms with van der Waals surface area (Å²) in [7, 11) is 2.94. The minimum absolute atomic E-state index is 0.111. The molecule has 0 amide bonds. The summed E-state index contributed by atoms with van der Waals surface area (Å²) in [5.41, 5.74) is 1.83. The van der Waals surface area contributed by atoms with Crippen molar-refractivity contribution in [3.63, 3.8) is 0 Å². The normalized spacial score (nSPS) is 17.9. The van der Waals surface area contributed by atoms with E-state index in [9.17, 15) is 24.3 Å². The Labute approximate surface area is 421 Å². The van der Waals surface area contributed by atoms with Gasteiger partial charge >= 0.3 is 23.9 Å². The van der Waals surface area contributed by atoms with Gasteiger partial charge < -0.3 is 52.5 Å². The first-order chi connectivity index (χ1) is 35.7. The molecule has 1 fully saturated rings. The molecule has 1 N–H and O–H groups in total. The lowest BCUT2D eigenvalue weighted by molar-refractivity contribution is -0.302. The number of para-hydroxylation sites is 2. The number of ether oxygens (including phenoxy) is 10. The van der Waals surface area contributed by atoms with E-state index in [2.05, 4.69) is 0 Å². The Bertz CT molecular complexity index is 2890. The van der Waals surface area contributed by atoms with Crippen LogP contribution in [0.15, 0.2) is 194 Å². The van der Waals surface area contributed by atoms with E-state index in [4.69, 9.17) is 47.4 Å². The maximum absolute atomic E-state index is 14.2. The Hall–Kier alpha value is -8.50. The van der Waals surface area contributed by atoms with Gasteiger partial charge in [-0.05, 0) is 83.9 Å². The highest BCUT2D eigenvalue weighted by atomic mass is 16.7. The van der Waals surface area contributed by atoms with Gasteiger partial charge in [-0.25, -0.2) is 19.2 Å². The molecule has 8 rings (SSSR count). The van der Waals surface area contributed by atoms with Crippen LogP contribution in [0.1, 0.15) is 58.7 Å². The number of esters is 4. The Morgan fingerprint density at radius 2 is 0.973 bits per heavy atom. The summed E-state index contributed by atoms with van der Waals surface area (Å²) in [5.74, 6) is -2.07.